The average molecular weight is 188 g/mol. The third-order valence-corrected chi connectivity index (χ3v) is 2.37. The highest BCUT2D eigenvalue weighted by molar-refractivity contribution is 4.46. The summed E-state index contributed by atoms with van der Waals surface area (Å²) in [5.74, 6) is 1.29. The number of ether oxygens (including phenoxy) is 2. The molecular formula is C11H24O2. The van der Waals surface area contributed by atoms with E-state index in [-0.39, 0.29) is 0 Å². The van der Waals surface area contributed by atoms with Crippen molar-refractivity contribution in [3.63, 3.8) is 0 Å². The number of rotatable bonds is 8. The molecule has 0 fully saturated rings. The lowest BCUT2D eigenvalue weighted by Gasteiger charge is -2.11. The van der Waals surface area contributed by atoms with Crippen molar-refractivity contribution < 1.29 is 9.47 Å². The van der Waals surface area contributed by atoms with Gasteiger partial charge in [0.2, 0.25) is 0 Å². The van der Waals surface area contributed by atoms with Crippen molar-refractivity contribution in [1.29, 1.82) is 0 Å². The molecule has 0 aliphatic heterocycles. The van der Waals surface area contributed by atoms with E-state index in [1.54, 1.807) is 0 Å². The topological polar surface area (TPSA) is 18.5 Å². The Hall–Kier alpha value is -0.0800. The Morgan fingerprint density at radius 3 is 1.54 bits per heavy atom. The minimum absolute atomic E-state index is 0.453. The first-order valence-electron chi connectivity index (χ1n) is 5.36. The Bertz CT molecular complexity index is 92.3. The van der Waals surface area contributed by atoms with Crippen LogP contribution in [0, 0.1) is 11.8 Å². The Morgan fingerprint density at radius 1 is 0.846 bits per heavy atom. The second-order valence-electron chi connectivity index (χ2n) is 3.89. The van der Waals surface area contributed by atoms with Crippen LogP contribution in [0.1, 0.15) is 40.5 Å². The number of hydrogen-bond acceptors (Lipinski definition) is 2. The molecule has 2 heteroatoms. The Labute approximate surface area is 82.6 Å². The smallest absolute Gasteiger partial charge is 0.146 e. The van der Waals surface area contributed by atoms with Crippen LogP contribution in [0.4, 0.5) is 0 Å². The molecule has 0 heterocycles. The molecule has 0 aliphatic carbocycles. The van der Waals surface area contributed by atoms with Gasteiger partial charge < -0.3 is 9.47 Å². The van der Waals surface area contributed by atoms with Crippen molar-refractivity contribution in [2.24, 2.45) is 11.8 Å². The summed E-state index contributed by atoms with van der Waals surface area (Å²) in [7, 11) is 0. The fourth-order valence-electron chi connectivity index (χ4n) is 0.793. The first kappa shape index (κ1) is 12.9. The van der Waals surface area contributed by atoms with E-state index in [4.69, 9.17) is 9.47 Å². The predicted molar refractivity (Wildman–Crippen MR) is 55.7 cm³/mol. The van der Waals surface area contributed by atoms with Crippen LogP contribution in [0.5, 0.6) is 0 Å². The van der Waals surface area contributed by atoms with Gasteiger partial charge in [-0.05, 0) is 11.8 Å². The summed E-state index contributed by atoms with van der Waals surface area (Å²) in [5.41, 5.74) is 0. The summed E-state index contributed by atoms with van der Waals surface area (Å²) in [5, 5.41) is 0. The van der Waals surface area contributed by atoms with Crippen LogP contribution in [-0.4, -0.2) is 20.0 Å². The molecular weight excluding hydrogens is 164 g/mol. The van der Waals surface area contributed by atoms with Crippen molar-refractivity contribution in [1.82, 2.24) is 0 Å². The van der Waals surface area contributed by atoms with Gasteiger partial charge in [-0.2, -0.15) is 0 Å². The van der Waals surface area contributed by atoms with E-state index in [9.17, 15) is 0 Å². The summed E-state index contributed by atoms with van der Waals surface area (Å²) >= 11 is 0. The largest absolute Gasteiger partial charge is 0.355 e. The summed E-state index contributed by atoms with van der Waals surface area (Å²) in [6.07, 6.45) is 2.34. The van der Waals surface area contributed by atoms with Crippen molar-refractivity contribution in [2.75, 3.05) is 20.0 Å². The van der Waals surface area contributed by atoms with Crippen LogP contribution in [0.2, 0.25) is 0 Å². The van der Waals surface area contributed by atoms with Crippen molar-refractivity contribution in [3.05, 3.63) is 0 Å². The van der Waals surface area contributed by atoms with Gasteiger partial charge in [-0.15, -0.1) is 0 Å². The van der Waals surface area contributed by atoms with Gasteiger partial charge in [0, 0.05) is 0 Å². The molecule has 0 aliphatic rings. The van der Waals surface area contributed by atoms with E-state index in [1.807, 2.05) is 0 Å². The molecule has 0 bridgehead atoms. The lowest BCUT2D eigenvalue weighted by Crippen LogP contribution is -2.11. The van der Waals surface area contributed by atoms with Gasteiger partial charge in [-0.25, -0.2) is 0 Å². The predicted octanol–water partition coefficient (Wildman–Crippen LogP) is 3.07. The molecule has 2 nitrogen and oxygen atoms in total. The highest BCUT2D eigenvalue weighted by Gasteiger charge is 2.00. The Kier molecular flexibility index (Phi) is 8.46. The third kappa shape index (κ3) is 8.26. The van der Waals surface area contributed by atoms with Gasteiger partial charge in [0.25, 0.3) is 0 Å². The SMILES string of the molecule is CCC(C)COCOCC(C)CC. The standard InChI is InChI=1S/C11H24O2/c1-5-10(3)7-12-9-13-8-11(4)6-2/h10-11H,5-9H2,1-4H3. The van der Waals surface area contributed by atoms with Crippen LogP contribution in [0.25, 0.3) is 0 Å². The molecule has 0 amide bonds. The van der Waals surface area contributed by atoms with E-state index in [0.29, 0.717) is 18.6 Å². The van der Waals surface area contributed by atoms with Gasteiger partial charge >= 0.3 is 0 Å². The minimum Gasteiger partial charge on any atom is -0.355 e. The quantitative estimate of drug-likeness (QED) is 0.430. The van der Waals surface area contributed by atoms with Gasteiger partial charge in [0.15, 0.2) is 0 Å². The third-order valence-electron chi connectivity index (χ3n) is 2.37. The molecule has 0 saturated carbocycles. The first-order valence-corrected chi connectivity index (χ1v) is 5.36. The maximum atomic E-state index is 5.36. The first-order chi connectivity index (χ1) is 6.20. The average Bonchev–Trinajstić information content (AvgIpc) is 2.16. The van der Waals surface area contributed by atoms with Crippen molar-refractivity contribution >= 4 is 0 Å². The van der Waals surface area contributed by atoms with E-state index < -0.39 is 0 Å². The van der Waals surface area contributed by atoms with E-state index in [1.165, 1.54) is 12.8 Å². The molecule has 0 rings (SSSR count). The van der Waals surface area contributed by atoms with Gasteiger partial charge in [-0.3, -0.25) is 0 Å². The fraction of sp³-hybridized carbons (Fsp3) is 1.00. The van der Waals surface area contributed by atoms with E-state index in [2.05, 4.69) is 27.7 Å². The summed E-state index contributed by atoms with van der Waals surface area (Å²) in [6, 6.07) is 0. The van der Waals surface area contributed by atoms with Gasteiger partial charge in [-0.1, -0.05) is 40.5 Å². The zero-order chi connectivity index (χ0) is 10.1. The lowest BCUT2D eigenvalue weighted by molar-refractivity contribution is -0.0718. The van der Waals surface area contributed by atoms with Crippen molar-refractivity contribution in [2.45, 2.75) is 40.5 Å². The lowest BCUT2D eigenvalue weighted by atomic mass is 10.1. The normalized spacial score (nSPS) is 15.7. The van der Waals surface area contributed by atoms with Gasteiger partial charge in [0.1, 0.15) is 6.79 Å². The summed E-state index contributed by atoms with van der Waals surface area (Å²) in [6.45, 7) is 10.8. The van der Waals surface area contributed by atoms with Crippen LogP contribution in [-0.2, 0) is 9.47 Å². The maximum absolute atomic E-state index is 5.36. The zero-order valence-electron chi connectivity index (χ0n) is 9.51. The summed E-state index contributed by atoms with van der Waals surface area (Å²) < 4.78 is 10.7. The molecule has 80 valence electrons. The molecule has 13 heavy (non-hydrogen) atoms. The van der Waals surface area contributed by atoms with E-state index >= 15 is 0 Å². The molecule has 0 aromatic heterocycles. The Morgan fingerprint density at radius 2 is 1.23 bits per heavy atom. The van der Waals surface area contributed by atoms with Crippen LogP contribution in [0.3, 0.4) is 0 Å². The van der Waals surface area contributed by atoms with Crippen LogP contribution in [0.15, 0.2) is 0 Å². The van der Waals surface area contributed by atoms with E-state index in [0.717, 1.165) is 13.2 Å². The Balaban J connectivity index is 3.08. The monoisotopic (exact) mass is 188 g/mol. The fourth-order valence-corrected chi connectivity index (χ4v) is 0.793. The molecule has 0 radical (unpaired) electrons. The molecule has 0 N–H and O–H groups in total. The molecule has 0 saturated heterocycles. The molecule has 0 spiro atoms. The second-order valence-corrected chi connectivity index (χ2v) is 3.89. The molecule has 2 unspecified atom stereocenters. The highest BCUT2D eigenvalue weighted by atomic mass is 16.7. The summed E-state index contributed by atoms with van der Waals surface area (Å²) in [4.78, 5) is 0. The molecule has 2 atom stereocenters. The zero-order valence-corrected chi connectivity index (χ0v) is 9.51. The maximum Gasteiger partial charge on any atom is 0.146 e. The van der Waals surface area contributed by atoms with Gasteiger partial charge in [0.05, 0.1) is 13.2 Å². The second kappa shape index (κ2) is 8.52. The van der Waals surface area contributed by atoms with Crippen molar-refractivity contribution in [3.8, 4) is 0 Å². The minimum atomic E-state index is 0.453. The molecule has 0 aromatic rings. The highest BCUT2D eigenvalue weighted by Crippen LogP contribution is 2.02. The van der Waals surface area contributed by atoms with Crippen LogP contribution >= 0.6 is 0 Å². The van der Waals surface area contributed by atoms with Crippen LogP contribution < -0.4 is 0 Å². The molecule has 0 aromatic carbocycles. The number of hydrogen-bond donors (Lipinski definition) is 0.